The van der Waals surface area contributed by atoms with Crippen LogP contribution < -0.4 is 9.47 Å². The molecule has 0 saturated carbocycles. The second kappa shape index (κ2) is 6.95. The van der Waals surface area contributed by atoms with Gasteiger partial charge in [0.2, 0.25) is 6.10 Å². The summed E-state index contributed by atoms with van der Waals surface area (Å²) in [6, 6.07) is 10.8. The lowest BCUT2D eigenvalue weighted by Gasteiger charge is -2.23. The van der Waals surface area contributed by atoms with E-state index in [1.54, 1.807) is 13.0 Å². The fraction of sp³-hybridized carbons (Fsp3) is 0.222. The van der Waals surface area contributed by atoms with Gasteiger partial charge in [-0.05, 0) is 25.1 Å². The number of fused-ring (bicyclic) bond motifs is 1. The summed E-state index contributed by atoms with van der Waals surface area (Å²) >= 11 is 1.19. The van der Waals surface area contributed by atoms with E-state index in [9.17, 15) is 8.78 Å². The maximum atomic E-state index is 13.9. The van der Waals surface area contributed by atoms with Crippen molar-refractivity contribution in [2.24, 2.45) is 0 Å². The highest BCUT2D eigenvalue weighted by Crippen LogP contribution is 2.38. The summed E-state index contributed by atoms with van der Waals surface area (Å²) in [5.41, 5.74) is 0.363. The van der Waals surface area contributed by atoms with Crippen LogP contribution in [0.3, 0.4) is 0 Å². The molecule has 1 aromatic heterocycles. The second-order valence-corrected chi connectivity index (χ2v) is 6.99. The van der Waals surface area contributed by atoms with Crippen LogP contribution in [-0.2, 0) is 0 Å². The third-order valence-electron chi connectivity index (χ3n) is 3.88. The predicted octanol–water partition coefficient (Wildman–Crippen LogP) is 4.71. The van der Waals surface area contributed by atoms with E-state index in [-0.39, 0.29) is 23.0 Å². The topological polar surface area (TPSA) is 57.4 Å². The molecule has 26 heavy (non-hydrogen) atoms. The Bertz CT molecular complexity index is 934. The first-order chi connectivity index (χ1) is 12.6. The molecule has 1 aliphatic rings. The molecule has 0 bridgehead atoms. The van der Waals surface area contributed by atoms with Gasteiger partial charge in [0.1, 0.15) is 18.2 Å². The van der Waals surface area contributed by atoms with Crippen molar-refractivity contribution in [3.8, 4) is 11.5 Å². The van der Waals surface area contributed by atoms with E-state index in [4.69, 9.17) is 13.9 Å². The van der Waals surface area contributed by atoms with Gasteiger partial charge in [-0.1, -0.05) is 30.0 Å². The van der Waals surface area contributed by atoms with Crippen molar-refractivity contribution in [2.45, 2.75) is 23.5 Å². The first kappa shape index (κ1) is 16.8. The molecular weight excluding hydrogens is 362 g/mol. The molecule has 0 N–H and O–H groups in total. The van der Waals surface area contributed by atoms with Crippen molar-refractivity contribution < 1.29 is 22.7 Å². The molecule has 2 unspecified atom stereocenters. The normalized spacial score (nSPS) is 17.1. The summed E-state index contributed by atoms with van der Waals surface area (Å²) < 4.78 is 44.0. The predicted molar refractivity (Wildman–Crippen MR) is 90.2 cm³/mol. The Morgan fingerprint density at radius 3 is 2.73 bits per heavy atom. The van der Waals surface area contributed by atoms with Crippen LogP contribution in [0, 0.1) is 11.6 Å². The fourth-order valence-electron chi connectivity index (χ4n) is 2.59. The van der Waals surface area contributed by atoms with Crippen LogP contribution in [0.15, 0.2) is 52.1 Å². The Hall–Kier alpha value is -2.61. The van der Waals surface area contributed by atoms with Crippen molar-refractivity contribution in [3.05, 3.63) is 65.6 Å². The Kier molecular flexibility index (Phi) is 4.50. The number of nitrogens with zero attached hydrogens (tertiary/aromatic N) is 2. The molecule has 0 amide bonds. The standard InChI is InChI=1S/C18H14F2N2O3S/c1-10(12-7-6-11(19)8-13(12)20)26-18-22-21-17(25-18)16-9-23-14-4-2-3-5-15(14)24-16/h2-8,10,16H,9H2,1H3. The summed E-state index contributed by atoms with van der Waals surface area (Å²) in [5.74, 6) is 0.341. The summed E-state index contributed by atoms with van der Waals surface area (Å²) in [5, 5.41) is 7.92. The number of rotatable bonds is 4. The highest BCUT2D eigenvalue weighted by atomic mass is 32.2. The van der Waals surface area contributed by atoms with Crippen LogP contribution >= 0.6 is 11.8 Å². The maximum Gasteiger partial charge on any atom is 0.277 e. The molecule has 0 saturated heterocycles. The van der Waals surface area contributed by atoms with Gasteiger partial charge in [-0.15, -0.1) is 10.2 Å². The molecule has 3 aromatic rings. The van der Waals surface area contributed by atoms with Crippen molar-refractivity contribution in [3.63, 3.8) is 0 Å². The highest BCUT2D eigenvalue weighted by Gasteiger charge is 2.28. The van der Waals surface area contributed by atoms with Crippen LogP contribution in [0.5, 0.6) is 11.5 Å². The Labute approximate surface area is 152 Å². The quantitative estimate of drug-likeness (QED) is 0.615. The minimum absolute atomic E-state index is 0.255. The van der Waals surface area contributed by atoms with Crippen LogP contribution in [0.25, 0.3) is 0 Å². The molecule has 0 fully saturated rings. The molecule has 0 aliphatic carbocycles. The summed E-state index contributed by atoms with van der Waals surface area (Å²) in [6.07, 6.45) is -0.510. The molecule has 8 heteroatoms. The van der Waals surface area contributed by atoms with Gasteiger partial charge in [0.15, 0.2) is 11.5 Å². The van der Waals surface area contributed by atoms with E-state index < -0.39 is 17.7 Å². The lowest BCUT2D eigenvalue weighted by molar-refractivity contribution is 0.0686. The van der Waals surface area contributed by atoms with Crippen molar-refractivity contribution >= 4 is 11.8 Å². The van der Waals surface area contributed by atoms with Crippen LogP contribution in [0.2, 0.25) is 0 Å². The number of benzene rings is 2. The SMILES string of the molecule is CC(Sc1nnc(C2COc3ccccc3O2)o1)c1ccc(F)cc1F. The molecule has 134 valence electrons. The number of aromatic nitrogens is 2. The average molecular weight is 376 g/mol. The van der Waals surface area contributed by atoms with E-state index in [0.717, 1.165) is 6.07 Å². The summed E-state index contributed by atoms with van der Waals surface area (Å²) in [6.45, 7) is 2.03. The molecule has 2 atom stereocenters. The second-order valence-electron chi connectivity index (χ2n) is 5.70. The zero-order valence-corrected chi connectivity index (χ0v) is 14.5. The number of ether oxygens (including phenoxy) is 2. The van der Waals surface area contributed by atoms with Crippen LogP contribution in [0.1, 0.15) is 29.7 Å². The fourth-order valence-corrected chi connectivity index (χ4v) is 3.43. The van der Waals surface area contributed by atoms with E-state index >= 15 is 0 Å². The van der Waals surface area contributed by atoms with Crippen LogP contribution in [-0.4, -0.2) is 16.8 Å². The third-order valence-corrected chi connectivity index (χ3v) is 4.86. The van der Waals surface area contributed by atoms with Gasteiger partial charge in [-0.2, -0.15) is 0 Å². The zero-order chi connectivity index (χ0) is 18.1. The van der Waals surface area contributed by atoms with Crippen molar-refractivity contribution in [2.75, 3.05) is 6.61 Å². The van der Waals surface area contributed by atoms with Gasteiger partial charge >= 0.3 is 0 Å². The molecule has 1 aliphatic heterocycles. The number of halogens is 2. The third kappa shape index (κ3) is 3.37. The van der Waals surface area contributed by atoms with Gasteiger partial charge in [0.25, 0.3) is 11.1 Å². The lowest BCUT2D eigenvalue weighted by Crippen LogP contribution is -2.21. The van der Waals surface area contributed by atoms with E-state index in [1.165, 1.54) is 23.9 Å². The van der Waals surface area contributed by atoms with Gasteiger partial charge in [0.05, 0.1) is 0 Å². The van der Waals surface area contributed by atoms with E-state index in [2.05, 4.69) is 10.2 Å². The van der Waals surface area contributed by atoms with E-state index in [0.29, 0.717) is 17.1 Å². The Morgan fingerprint density at radius 2 is 1.92 bits per heavy atom. The van der Waals surface area contributed by atoms with Gasteiger partial charge in [-0.25, -0.2) is 8.78 Å². The first-order valence-electron chi connectivity index (χ1n) is 7.93. The largest absolute Gasteiger partial charge is 0.485 e. The first-order valence-corrected chi connectivity index (χ1v) is 8.81. The number of hydrogen-bond donors (Lipinski definition) is 0. The smallest absolute Gasteiger partial charge is 0.277 e. The maximum absolute atomic E-state index is 13.9. The summed E-state index contributed by atoms with van der Waals surface area (Å²) in [4.78, 5) is 0. The molecule has 5 nitrogen and oxygen atoms in total. The zero-order valence-electron chi connectivity index (χ0n) is 13.7. The molecule has 0 spiro atoms. The number of thioether (sulfide) groups is 1. The van der Waals surface area contributed by atoms with Gasteiger partial charge < -0.3 is 13.9 Å². The highest BCUT2D eigenvalue weighted by molar-refractivity contribution is 7.99. The molecule has 0 radical (unpaired) electrons. The Balaban J connectivity index is 1.47. The van der Waals surface area contributed by atoms with Crippen molar-refractivity contribution in [1.29, 1.82) is 0 Å². The van der Waals surface area contributed by atoms with Crippen molar-refractivity contribution in [1.82, 2.24) is 10.2 Å². The molecule has 4 rings (SSSR count). The van der Waals surface area contributed by atoms with Crippen LogP contribution in [0.4, 0.5) is 8.78 Å². The molecule has 2 aromatic carbocycles. The monoisotopic (exact) mass is 376 g/mol. The minimum atomic E-state index is -0.613. The van der Waals surface area contributed by atoms with Gasteiger partial charge in [-0.3, -0.25) is 0 Å². The Morgan fingerprint density at radius 1 is 1.12 bits per heavy atom. The molecular formula is C18H14F2N2O3S. The molecule has 2 heterocycles. The van der Waals surface area contributed by atoms with Gasteiger partial charge in [0, 0.05) is 16.9 Å². The number of para-hydroxylation sites is 2. The average Bonchev–Trinajstić information content (AvgIpc) is 3.09. The number of hydrogen-bond acceptors (Lipinski definition) is 6. The van der Waals surface area contributed by atoms with E-state index in [1.807, 2.05) is 18.2 Å². The lowest BCUT2D eigenvalue weighted by atomic mass is 10.1. The summed E-state index contributed by atoms with van der Waals surface area (Å²) in [7, 11) is 0. The minimum Gasteiger partial charge on any atom is -0.485 e.